The number of carbonyl (C=O) groups excluding carboxylic acids is 1. The SMILES string of the molecule is [C-]#[N+]c1c(C(=O)OC2C(C)CC(C)CC2C)c2nc(-c3cc(Cl)cc(Cl)c3)[nH]n2c1CC. The summed E-state index contributed by atoms with van der Waals surface area (Å²) >= 11 is 12.3. The third-order valence-corrected chi connectivity index (χ3v) is 6.79. The Labute approximate surface area is 197 Å². The molecule has 1 fully saturated rings. The number of nitrogens with one attached hydrogen (secondary N) is 1. The van der Waals surface area contributed by atoms with Crippen molar-refractivity contribution in [2.45, 2.75) is 53.1 Å². The molecule has 0 aliphatic heterocycles. The summed E-state index contributed by atoms with van der Waals surface area (Å²) in [5.74, 6) is 1.16. The number of fused-ring (bicyclic) bond motifs is 1. The van der Waals surface area contributed by atoms with Crippen LogP contribution in [-0.4, -0.2) is 26.7 Å². The predicted octanol–water partition coefficient (Wildman–Crippen LogP) is 6.98. The molecule has 8 heteroatoms. The fourth-order valence-electron chi connectivity index (χ4n) is 5.12. The van der Waals surface area contributed by atoms with Crippen molar-refractivity contribution in [2.75, 3.05) is 0 Å². The van der Waals surface area contributed by atoms with Crippen molar-refractivity contribution in [3.63, 3.8) is 0 Å². The Kier molecular flexibility index (Phi) is 6.24. The first-order valence-corrected chi connectivity index (χ1v) is 11.7. The quantitative estimate of drug-likeness (QED) is 0.329. The van der Waals surface area contributed by atoms with Crippen molar-refractivity contribution < 1.29 is 9.53 Å². The summed E-state index contributed by atoms with van der Waals surface area (Å²) in [6.07, 6.45) is 2.41. The number of aromatic amines is 1. The number of carbonyl (C=O) groups is 1. The van der Waals surface area contributed by atoms with Gasteiger partial charge in [0.2, 0.25) is 5.69 Å². The number of ether oxygens (including phenoxy) is 1. The first-order valence-electron chi connectivity index (χ1n) is 10.9. The highest BCUT2D eigenvalue weighted by Crippen LogP contribution is 2.38. The van der Waals surface area contributed by atoms with Crippen LogP contribution in [0.5, 0.6) is 0 Å². The van der Waals surface area contributed by atoms with Crippen LogP contribution in [0.25, 0.3) is 21.9 Å². The Hall–Kier alpha value is -2.49. The van der Waals surface area contributed by atoms with Gasteiger partial charge in [0.25, 0.3) is 0 Å². The van der Waals surface area contributed by atoms with Gasteiger partial charge in [-0.1, -0.05) is 50.9 Å². The lowest BCUT2D eigenvalue weighted by Crippen LogP contribution is -2.37. The number of H-pyrrole nitrogens is 1. The molecule has 32 heavy (non-hydrogen) atoms. The molecule has 3 aromatic rings. The molecular formula is C24H26Cl2N4O2. The van der Waals surface area contributed by atoms with E-state index in [1.54, 1.807) is 22.7 Å². The summed E-state index contributed by atoms with van der Waals surface area (Å²) in [7, 11) is 0. The van der Waals surface area contributed by atoms with Gasteiger partial charge in [-0.05, 0) is 55.2 Å². The second-order valence-electron chi connectivity index (χ2n) is 8.93. The molecule has 0 saturated heterocycles. The van der Waals surface area contributed by atoms with Gasteiger partial charge in [0.15, 0.2) is 11.5 Å². The molecule has 0 radical (unpaired) electrons. The molecule has 1 aromatic carbocycles. The lowest BCUT2D eigenvalue weighted by atomic mass is 9.75. The number of aryl methyl sites for hydroxylation is 1. The maximum Gasteiger partial charge on any atom is 0.331 e. The van der Waals surface area contributed by atoms with E-state index in [-0.39, 0.29) is 29.2 Å². The van der Waals surface area contributed by atoms with Crippen molar-refractivity contribution in [3.05, 3.63) is 50.9 Å². The Morgan fingerprint density at radius 3 is 2.41 bits per heavy atom. The van der Waals surface area contributed by atoms with Crippen LogP contribution in [0.15, 0.2) is 18.2 Å². The largest absolute Gasteiger partial charge is 0.459 e. The molecule has 4 rings (SSSR count). The van der Waals surface area contributed by atoms with Gasteiger partial charge >= 0.3 is 5.97 Å². The van der Waals surface area contributed by atoms with E-state index in [0.717, 1.165) is 12.8 Å². The molecule has 2 heterocycles. The van der Waals surface area contributed by atoms with Crippen LogP contribution in [0.3, 0.4) is 0 Å². The Morgan fingerprint density at radius 1 is 1.22 bits per heavy atom. The van der Waals surface area contributed by atoms with Crippen molar-refractivity contribution in [2.24, 2.45) is 17.8 Å². The van der Waals surface area contributed by atoms with Crippen LogP contribution in [0.2, 0.25) is 10.0 Å². The van der Waals surface area contributed by atoms with Crippen LogP contribution in [0, 0.1) is 24.3 Å². The van der Waals surface area contributed by atoms with Crippen molar-refractivity contribution in [3.8, 4) is 11.4 Å². The van der Waals surface area contributed by atoms with Crippen molar-refractivity contribution >= 4 is 40.5 Å². The predicted molar refractivity (Wildman–Crippen MR) is 127 cm³/mol. The van der Waals surface area contributed by atoms with Gasteiger partial charge in [-0.25, -0.2) is 14.6 Å². The average molecular weight is 473 g/mol. The van der Waals surface area contributed by atoms with E-state index in [4.69, 9.17) is 34.5 Å². The molecule has 2 unspecified atom stereocenters. The number of rotatable bonds is 4. The molecule has 1 aliphatic carbocycles. The smallest absolute Gasteiger partial charge is 0.331 e. The summed E-state index contributed by atoms with van der Waals surface area (Å²) in [5.41, 5.74) is 2.27. The molecule has 1 saturated carbocycles. The molecule has 1 aliphatic rings. The zero-order valence-corrected chi connectivity index (χ0v) is 20.1. The van der Waals surface area contributed by atoms with Gasteiger partial charge in [-0.2, -0.15) is 0 Å². The molecule has 2 aromatic heterocycles. The van der Waals surface area contributed by atoms with E-state index in [2.05, 4.69) is 35.7 Å². The van der Waals surface area contributed by atoms with Crippen LogP contribution < -0.4 is 0 Å². The molecule has 0 spiro atoms. The number of halogens is 2. The third-order valence-electron chi connectivity index (χ3n) is 6.35. The van der Waals surface area contributed by atoms with E-state index in [1.165, 1.54) is 0 Å². The zero-order chi connectivity index (χ0) is 23.2. The van der Waals surface area contributed by atoms with Gasteiger partial charge < -0.3 is 4.74 Å². The highest BCUT2D eigenvalue weighted by atomic mass is 35.5. The van der Waals surface area contributed by atoms with Gasteiger partial charge in [-0.3, -0.25) is 9.61 Å². The van der Waals surface area contributed by atoms with E-state index in [0.29, 0.717) is 45.1 Å². The van der Waals surface area contributed by atoms with E-state index in [1.807, 2.05) is 6.92 Å². The first kappa shape index (κ1) is 22.7. The zero-order valence-electron chi connectivity index (χ0n) is 18.6. The summed E-state index contributed by atoms with van der Waals surface area (Å²) in [6, 6.07) is 5.14. The van der Waals surface area contributed by atoms with Crippen LogP contribution in [0.1, 0.15) is 56.6 Å². The standard InChI is InChI=1S/C24H26Cl2N4O2/c1-6-18-20(27-5)19(24(31)32-21-13(3)7-12(2)8-14(21)4)23-28-22(29-30(18)23)15-9-16(25)11-17(26)10-15/h9-14,21H,6-8H2,1-4H3,(H,28,29). The second-order valence-corrected chi connectivity index (χ2v) is 9.80. The third kappa shape index (κ3) is 4.00. The molecule has 2 atom stereocenters. The average Bonchev–Trinajstić information content (AvgIpc) is 3.25. The summed E-state index contributed by atoms with van der Waals surface area (Å²) in [5, 5.41) is 4.17. The highest BCUT2D eigenvalue weighted by Gasteiger charge is 2.36. The summed E-state index contributed by atoms with van der Waals surface area (Å²) in [4.78, 5) is 21.7. The lowest BCUT2D eigenvalue weighted by molar-refractivity contribution is -0.0249. The highest BCUT2D eigenvalue weighted by molar-refractivity contribution is 6.35. The normalized spacial score (nSPS) is 23.3. The van der Waals surface area contributed by atoms with Gasteiger partial charge in [0.1, 0.15) is 11.7 Å². The number of benzene rings is 1. The minimum atomic E-state index is -0.492. The first-order chi connectivity index (χ1) is 15.2. The van der Waals surface area contributed by atoms with Crippen molar-refractivity contribution in [1.82, 2.24) is 14.6 Å². The second kappa shape index (κ2) is 8.80. The maximum atomic E-state index is 13.4. The number of hydrogen-bond acceptors (Lipinski definition) is 3. The molecule has 0 amide bonds. The molecule has 168 valence electrons. The number of nitrogens with zero attached hydrogens (tertiary/aromatic N) is 3. The number of aromatic nitrogens is 3. The minimum Gasteiger partial charge on any atom is -0.459 e. The Morgan fingerprint density at radius 2 is 1.84 bits per heavy atom. The van der Waals surface area contributed by atoms with Crippen LogP contribution >= 0.6 is 23.2 Å². The van der Waals surface area contributed by atoms with Crippen LogP contribution in [-0.2, 0) is 11.2 Å². The minimum absolute atomic E-state index is 0.178. The number of hydrogen-bond donors (Lipinski definition) is 1. The molecule has 0 bridgehead atoms. The van der Waals surface area contributed by atoms with Gasteiger partial charge in [0, 0.05) is 21.3 Å². The van der Waals surface area contributed by atoms with E-state index >= 15 is 0 Å². The van der Waals surface area contributed by atoms with Crippen molar-refractivity contribution in [1.29, 1.82) is 0 Å². The fourth-order valence-corrected chi connectivity index (χ4v) is 5.65. The number of esters is 1. The molecular weight excluding hydrogens is 447 g/mol. The molecule has 1 N–H and O–H groups in total. The Balaban J connectivity index is 1.78. The topological polar surface area (TPSA) is 63.8 Å². The van der Waals surface area contributed by atoms with Crippen LogP contribution in [0.4, 0.5) is 5.69 Å². The Bertz CT molecular complexity index is 1190. The fraction of sp³-hybridized carbons (Fsp3) is 0.458. The monoisotopic (exact) mass is 472 g/mol. The van der Waals surface area contributed by atoms with Gasteiger partial charge in [0.05, 0.1) is 6.57 Å². The van der Waals surface area contributed by atoms with E-state index in [9.17, 15) is 4.79 Å². The van der Waals surface area contributed by atoms with Gasteiger partial charge in [-0.15, -0.1) is 0 Å². The summed E-state index contributed by atoms with van der Waals surface area (Å²) in [6.45, 7) is 16.2. The van der Waals surface area contributed by atoms with E-state index < -0.39 is 5.97 Å². The molecule has 6 nitrogen and oxygen atoms in total. The maximum absolute atomic E-state index is 13.4. The lowest BCUT2D eigenvalue weighted by Gasteiger charge is -2.37. The summed E-state index contributed by atoms with van der Waals surface area (Å²) < 4.78 is 7.72.